The van der Waals surface area contributed by atoms with Gasteiger partial charge in [0.05, 0.1) is 10.0 Å². The van der Waals surface area contributed by atoms with E-state index in [1.54, 1.807) is 15.6 Å². The van der Waals surface area contributed by atoms with Crippen molar-refractivity contribution in [2.75, 3.05) is 19.3 Å². The minimum Gasteiger partial charge on any atom is -0.309 e. The molecule has 0 aromatic carbocycles. The maximum Gasteiger partial charge on any atom is 0.211 e. The highest BCUT2D eigenvalue weighted by atomic mass is 79.9. The van der Waals surface area contributed by atoms with Crippen molar-refractivity contribution in [3.63, 3.8) is 0 Å². The Balaban J connectivity index is 1.77. The van der Waals surface area contributed by atoms with Crippen molar-refractivity contribution in [3.8, 4) is 0 Å². The Bertz CT molecular complexity index is 493. The zero-order valence-electron chi connectivity index (χ0n) is 10.2. The minimum atomic E-state index is -3.01. The van der Waals surface area contributed by atoms with Gasteiger partial charge in [0.25, 0.3) is 0 Å². The van der Waals surface area contributed by atoms with Gasteiger partial charge in [-0.3, -0.25) is 0 Å². The van der Waals surface area contributed by atoms with Crippen molar-refractivity contribution in [1.82, 2.24) is 9.62 Å². The first-order chi connectivity index (χ1) is 8.45. The molecule has 2 rings (SSSR count). The summed E-state index contributed by atoms with van der Waals surface area (Å²) in [5.41, 5.74) is 0. The van der Waals surface area contributed by atoms with Gasteiger partial charge in [-0.1, -0.05) is 0 Å². The van der Waals surface area contributed by atoms with Crippen LogP contribution in [0.15, 0.2) is 15.9 Å². The summed E-state index contributed by atoms with van der Waals surface area (Å²) in [5.74, 6) is 0. The lowest BCUT2D eigenvalue weighted by Crippen LogP contribution is -2.44. The molecule has 0 unspecified atom stereocenters. The fraction of sp³-hybridized carbons (Fsp3) is 0.636. The average molecular weight is 353 g/mol. The Labute approximate surface area is 121 Å². The molecule has 0 radical (unpaired) electrons. The molecule has 4 nitrogen and oxygen atoms in total. The van der Waals surface area contributed by atoms with Crippen LogP contribution in [-0.4, -0.2) is 38.1 Å². The van der Waals surface area contributed by atoms with E-state index in [0.717, 1.165) is 23.2 Å². The van der Waals surface area contributed by atoms with Crippen LogP contribution in [0.25, 0.3) is 0 Å². The standard InChI is InChI=1S/C11H17BrN2O2S2/c1-18(15,16)14-6-4-9(5-7-14)13-8-10-2-3-11(12)17-10/h2-3,9,13H,4-8H2,1H3. The van der Waals surface area contributed by atoms with Crippen LogP contribution >= 0.6 is 27.3 Å². The lowest BCUT2D eigenvalue weighted by Gasteiger charge is -2.30. The summed E-state index contributed by atoms with van der Waals surface area (Å²) >= 11 is 5.17. The van der Waals surface area contributed by atoms with Crippen LogP contribution in [0.2, 0.25) is 0 Å². The molecule has 0 aliphatic carbocycles. The summed E-state index contributed by atoms with van der Waals surface area (Å²) in [4.78, 5) is 1.30. The van der Waals surface area contributed by atoms with E-state index in [0.29, 0.717) is 19.1 Å². The Morgan fingerprint density at radius 3 is 2.61 bits per heavy atom. The van der Waals surface area contributed by atoms with E-state index < -0.39 is 10.0 Å². The second kappa shape index (κ2) is 6.00. The molecule has 0 atom stereocenters. The Hall–Kier alpha value is 0.0500. The number of hydrogen-bond acceptors (Lipinski definition) is 4. The van der Waals surface area contributed by atoms with Gasteiger partial charge in [-0.05, 0) is 40.9 Å². The monoisotopic (exact) mass is 352 g/mol. The summed E-state index contributed by atoms with van der Waals surface area (Å²) in [6.07, 6.45) is 3.06. The lowest BCUT2D eigenvalue weighted by atomic mass is 10.1. The van der Waals surface area contributed by atoms with Gasteiger partial charge in [0.2, 0.25) is 10.0 Å². The maximum atomic E-state index is 11.4. The molecular formula is C11H17BrN2O2S2. The van der Waals surface area contributed by atoms with E-state index in [1.165, 1.54) is 11.1 Å². The van der Waals surface area contributed by atoms with Crippen molar-refractivity contribution >= 4 is 37.3 Å². The number of thiophene rings is 1. The highest BCUT2D eigenvalue weighted by Gasteiger charge is 2.24. The molecule has 1 aliphatic heterocycles. The number of hydrogen-bond donors (Lipinski definition) is 1. The van der Waals surface area contributed by atoms with E-state index in [9.17, 15) is 8.42 Å². The number of nitrogens with one attached hydrogen (secondary N) is 1. The highest BCUT2D eigenvalue weighted by Crippen LogP contribution is 2.22. The van der Waals surface area contributed by atoms with Crippen LogP contribution in [-0.2, 0) is 16.6 Å². The number of piperidine rings is 1. The third-order valence-electron chi connectivity index (χ3n) is 3.12. The Kier molecular flexibility index (Phi) is 4.82. The minimum absolute atomic E-state index is 0.420. The van der Waals surface area contributed by atoms with E-state index in [1.807, 2.05) is 6.07 Å². The van der Waals surface area contributed by atoms with Crippen molar-refractivity contribution < 1.29 is 8.42 Å². The number of sulfonamides is 1. The molecule has 1 N–H and O–H groups in total. The normalized spacial score (nSPS) is 19.2. The van der Waals surface area contributed by atoms with Crippen LogP contribution in [0.5, 0.6) is 0 Å². The van der Waals surface area contributed by atoms with E-state index in [-0.39, 0.29) is 0 Å². The third-order valence-corrected chi connectivity index (χ3v) is 6.04. The molecule has 2 heterocycles. The maximum absolute atomic E-state index is 11.4. The van der Waals surface area contributed by atoms with Gasteiger partial charge in [-0.15, -0.1) is 11.3 Å². The zero-order chi connectivity index (χ0) is 13.2. The summed E-state index contributed by atoms with van der Waals surface area (Å²) in [6, 6.07) is 4.57. The van der Waals surface area contributed by atoms with Gasteiger partial charge in [-0.2, -0.15) is 0 Å². The first-order valence-electron chi connectivity index (χ1n) is 5.88. The van der Waals surface area contributed by atoms with Gasteiger partial charge in [0, 0.05) is 30.6 Å². The lowest BCUT2D eigenvalue weighted by molar-refractivity contribution is 0.290. The van der Waals surface area contributed by atoms with Crippen LogP contribution in [0, 0.1) is 0 Å². The molecule has 1 aromatic heterocycles. The predicted octanol–water partition coefficient (Wildman–Crippen LogP) is 2.02. The zero-order valence-corrected chi connectivity index (χ0v) is 13.4. The van der Waals surface area contributed by atoms with E-state index in [2.05, 4.69) is 27.3 Å². The number of rotatable bonds is 4. The molecule has 7 heteroatoms. The van der Waals surface area contributed by atoms with Crippen molar-refractivity contribution in [2.45, 2.75) is 25.4 Å². The quantitative estimate of drug-likeness (QED) is 0.901. The van der Waals surface area contributed by atoms with Crippen molar-refractivity contribution in [1.29, 1.82) is 0 Å². The van der Waals surface area contributed by atoms with Gasteiger partial charge in [0.15, 0.2) is 0 Å². The van der Waals surface area contributed by atoms with Crippen molar-refractivity contribution in [2.24, 2.45) is 0 Å². The average Bonchev–Trinajstić information content (AvgIpc) is 2.72. The molecule has 0 bridgehead atoms. The molecule has 1 aromatic rings. The predicted molar refractivity (Wildman–Crippen MR) is 78.3 cm³/mol. The van der Waals surface area contributed by atoms with Gasteiger partial charge < -0.3 is 5.32 Å². The molecule has 1 fully saturated rings. The highest BCUT2D eigenvalue weighted by molar-refractivity contribution is 9.11. The molecule has 1 aliphatic rings. The van der Waals surface area contributed by atoms with Crippen LogP contribution in [0.4, 0.5) is 0 Å². The Morgan fingerprint density at radius 1 is 1.44 bits per heavy atom. The van der Waals surface area contributed by atoms with Gasteiger partial charge >= 0.3 is 0 Å². The summed E-state index contributed by atoms with van der Waals surface area (Å²) in [7, 11) is -3.01. The molecule has 18 heavy (non-hydrogen) atoms. The third kappa shape index (κ3) is 4.03. The van der Waals surface area contributed by atoms with Crippen LogP contribution in [0.3, 0.4) is 0 Å². The second-order valence-electron chi connectivity index (χ2n) is 4.52. The molecule has 0 amide bonds. The van der Waals surface area contributed by atoms with Crippen LogP contribution < -0.4 is 5.32 Å². The van der Waals surface area contributed by atoms with Crippen LogP contribution in [0.1, 0.15) is 17.7 Å². The number of halogens is 1. The number of nitrogens with zero attached hydrogens (tertiary/aromatic N) is 1. The smallest absolute Gasteiger partial charge is 0.211 e. The molecule has 102 valence electrons. The van der Waals surface area contributed by atoms with E-state index in [4.69, 9.17) is 0 Å². The molecule has 0 spiro atoms. The summed E-state index contributed by atoms with van der Waals surface area (Å²) < 4.78 is 25.5. The first-order valence-corrected chi connectivity index (χ1v) is 9.33. The summed E-state index contributed by atoms with van der Waals surface area (Å²) in [6.45, 7) is 2.12. The van der Waals surface area contributed by atoms with Gasteiger partial charge in [0.1, 0.15) is 0 Å². The molecule has 1 saturated heterocycles. The SMILES string of the molecule is CS(=O)(=O)N1CCC(NCc2ccc(Br)s2)CC1. The van der Waals surface area contributed by atoms with Crippen molar-refractivity contribution in [3.05, 3.63) is 20.8 Å². The Morgan fingerprint density at radius 2 is 2.11 bits per heavy atom. The topological polar surface area (TPSA) is 49.4 Å². The van der Waals surface area contributed by atoms with E-state index >= 15 is 0 Å². The molecular weight excluding hydrogens is 336 g/mol. The largest absolute Gasteiger partial charge is 0.309 e. The first kappa shape index (κ1) is 14.5. The molecule has 0 saturated carbocycles. The second-order valence-corrected chi connectivity index (χ2v) is 9.05. The summed E-state index contributed by atoms with van der Waals surface area (Å²) in [5, 5.41) is 3.49. The fourth-order valence-electron chi connectivity index (χ4n) is 2.08. The van der Waals surface area contributed by atoms with Gasteiger partial charge in [-0.25, -0.2) is 12.7 Å². The fourth-order valence-corrected chi connectivity index (χ4v) is 4.39.